The lowest BCUT2D eigenvalue weighted by atomic mass is 10.2. The Morgan fingerprint density at radius 2 is 2.15 bits per heavy atom. The first kappa shape index (κ1) is 14.1. The van der Waals surface area contributed by atoms with Gasteiger partial charge in [0.15, 0.2) is 0 Å². The molecule has 2 N–H and O–H groups in total. The Morgan fingerprint density at radius 1 is 1.40 bits per heavy atom. The van der Waals surface area contributed by atoms with Gasteiger partial charge in [-0.25, -0.2) is 0 Å². The third-order valence-electron chi connectivity index (χ3n) is 3.02. The van der Waals surface area contributed by atoms with Gasteiger partial charge in [-0.15, -0.1) is 0 Å². The number of nitrogens with zero attached hydrogens (tertiary/aromatic N) is 2. The SMILES string of the molecule is CC(CCC(=O)O)Nc1cnn(Cc2ccccc2)c1. The van der Waals surface area contributed by atoms with Crippen LogP contribution in [0.1, 0.15) is 25.3 Å². The van der Waals surface area contributed by atoms with Crippen LogP contribution in [0.25, 0.3) is 0 Å². The summed E-state index contributed by atoms with van der Waals surface area (Å²) >= 11 is 0. The number of aliphatic carboxylic acids is 1. The Morgan fingerprint density at radius 3 is 2.85 bits per heavy atom. The van der Waals surface area contributed by atoms with Gasteiger partial charge in [-0.05, 0) is 18.9 Å². The number of nitrogens with one attached hydrogen (secondary N) is 1. The minimum atomic E-state index is -0.765. The van der Waals surface area contributed by atoms with Gasteiger partial charge in [-0.1, -0.05) is 30.3 Å². The Bertz CT molecular complexity index is 551. The molecule has 0 aliphatic heterocycles. The van der Waals surface area contributed by atoms with E-state index in [0.717, 1.165) is 12.2 Å². The summed E-state index contributed by atoms with van der Waals surface area (Å²) in [5.41, 5.74) is 2.11. The standard InChI is InChI=1S/C15H19N3O2/c1-12(7-8-15(19)20)17-14-9-16-18(11-14)10-13-5-3-2-4-6-13/h2-6,9,11-12,17H,7-8,10H2,1H3,(H,19,20). The monoisotopic (exact) mass is 273 g/mol. The second-order valence-electron chi connectivity index (χ2n) is 4.89. The van der Waals surface area contributed by atoms with Gasteiger partial charge in [0.05, 0.1) is 18.4 Å². The zero-order valence-corrected chi connectivity index (χ0v) is 11.5. The highest BCUT2D eigenvalue weighted by atomic mass is 16.4. The van der Waals surface area contributed by atoms with Crippen LogP contribution >= 0.6 is 0 Å². The largest absolute Gasteiger partial charge is 0.481 e. The highest BCUT2D eigenvalue weighted by molar-refractivity contribution is 5.66. The molecule has 5 nitrogen and oxygen atoms in total. The van der Waals surface area contributed by atoms with E-state index in [-0.39, 0.29) is 12.5 Å². The molecule has 0 aliphatic rings. The molecule has 1 aromatic heterocycles. The predicted octanol–water partition coefficient (Wildman–Crippen LogP) is 2.60. The van der Waals surface area contributed by atoms with E-state index in [1.807, 2.05) is 36.0 Å². The molecular formula is C15H19N3O2. The molecule has 1 atom stereocenters. The van der Waals surface area contributed by atoms with Crippen LogP contribution in [0.2, 0.25) is 0 Å². The lowest BCUT2D eigenvalue weighted by molar-refractivity contribution is -0.137. The van der Waals surface area contributed by atoms with E-state index in [4.69, 9.17) is 5.11 Å². The van der Waals surface area contributed by atoms with Crippen molar-refractivity contribution in [1.82, 2.24) is 9.78 Å². The maximum absolute atomic E-state index is 10.5. The van der Waals surface area contributed by atoms with E-state index >= 15 is 0 Å². The van der Waals surface area contributed by atoms with Gasteiger partial charge in [-0.2, -0.15) is 5.10 Å². The first-order valence-corrected chi connectivity index (χ1v) is 6.68. The van der Waals surface area contributed by atoms with Crippen LogP contribution in [0.5, 0.6) is 0 Å². The van der Waals surface area contributed by atoms with Gasteiger partial charge >= 0.3 is 5.97 Å². The number of anilines is 1. The van der Waals surface area contributed by atoms with Crippen molar-refractivity contribution in [3.63, 3.8) is 0 Å². The van der Waals surface area contributed by atoms with Crippen molar-refractivity contribution in [2.24, 2.45) is 0 Å². The molecule has 1 heterocycles. The molecule has 0 radical (unpaired) electrons. The summed E-state index contributed by atoms with van der Waals surface area (Å²) in [4.78, 5) is 10.5. The lowest BCUT2D eigenvalue weighted by Gasteiger charge is -2.11. The molecule has 0 saturated carbocycles. The summed E-state index contributed by atoms with van der Waals surface area (Å²) in [6.07, 6.45) is 4.47. The van der Waals surface area contributed by atoms with E-state index < -0.39 is 5.97 Å². The number of carbonyl (C=O) groups is 1. The molecule has 1 aromatic carbocycles. The Kier molecular flexibility index (Phi) is 4.76. The number of rotatable bonds is 7. The molecule has 1 unspecified atom stereocenters. The molecule has 2 aromatic rings. The van der Waals surface area contributed by atoms with Gasteiger partial charge in [0.25, 0.3) is 0 Å². The fourth-order valence-corrected chi connectivity index (χ4v) is 1.99. The van der Waals surface area contributed by atoms with Crippen molar-refractivity contribution < 1.29 is 9.90 Å². The van der Waals surface area contributed by atoms with Crippen LogP contribution in [0.3, 0.4) is 0 Å². The number of aromatic nitrogens is 2. The lowest BCUT2D eigenvalue weighted by Crippen LogP contribution is -2.16. The molecule has 106 valence electrons. The molecule has 5 heteroatoms. The molecule has 2 rings (SSSR count). The van der Waals surface area contributed by atoms with E-state index in [1.54, 1.807) is 6.20 Å². The Hall–Kier alpha value is -2.30. The van der Waals surface area contributed by atoms with Gasteiger partial charge in [0, 0.05) is 18.7 Å². The molecular weight excluding hydrogens is 254 g/mol. The first-order valence-electron chi connectivity index (χ1n) is 6.68. The van der Waals surface area contributed by atoms with Crippen LogP contribution in [0, 0.1) is 0 Å². The average molecular weight is 273 g/mol. The third kappa shape index (κ3) is 4.42. The predicted molar refractivity (Wildman–Crippen MR) is 77.7 cm³/mol. The molecule has 0 amide bonds. The van der Waals surface area contributed by atoms with E-state index in [0.29, 0.717) is 6.42 Å². The third-order valence-corrected chi connectivity index (χ3v) is 3.02. The van der Waals surface area contributed by atoms with Gasteiger partial charge in [-0.3, -0.25) is 9.48 Å². The normalized spacial score (nSPS) is 12.1. The molecule has 20 heavy (non-hydrogen) atoms. The molecule has 0 saturated heterocycles. The maximum Gasteiger partial charge on any atom is 0.303 e. The molecule has 0 aliphatic carbocycles. The quantitative estimate of drug-likeness (QED) is 0.813. The summed E-state index contributed by atoms with van der Waals surface area (Å²) in [5, 5.41) is 16.2. The van der Waals surface area contributed by atoms with Crippen molar-refractivity contribution in [2.45, 2.75) is 32.4 Å². The van der Waals surface area contributed by atoms with Crippen LogP contribution in [0.15, 0.2) is 42.7 Å². The summed E-state index contributed by atoms with van der Waals surface area (Å²) in [6, 6.07) is 10.2. The smallest absolute Gasteiger partial charge is 0.303 e. The van der Waals surface area contributed by atoms with Gasteiger partial charge in [0.1, 0.15) is 0 Å². The highest BCUT2D eigenvalue weighted by Gasteiger charge is 2.06. The van der Waals surface area contributed by atoms with Crippen LogP contribution in [-0.2, 0) is 11.3 Å². The second-order valence-corrected chi connectivity index (χ2v) is 4.89. The van der Waals surface area contributed by atoms with Crippen LogP contribution in [0.4, 0.5) is 5.69 Å². The van der Waals surface area contributed by atoms with Crippen molar-refractivity contribution in [3.05, 3.63) is 48.3 Å². The molecule has 0 spiro atoms. The van der Waals surface area contributed by atoms with Gasteiger partial charge in [0.2, 0.25) is 0 Å². The zero-order chi connectivity index (χ0) is 14.4. The number of hydrogen-bond donors (Lipinski definition) is 2. The molecule has 0 fully saturated rings. The van der Waals surface area contributed by atoms with Crippen molar-refractivity contribution in [2.75, 3.05) is 5.32 Å². The van der Waals surface area contributed by atoms with Crippen molar-refractivity contribution >= 4 is 11.7 Å². The fourth-order valence-electron chi connectivity index (χ4n) is 1.99. The molecule has 0 bridgehead atoms. The number of carboxylic acids is 1. The first-order chi connectivity index (χ1) is 9.63. The van der Waals surface area contributed by atoms with E-state index in [2.05, 4.69) is 22.5 Å². The number of carboxylic acid groups (broad SMARTS) is 1. The van der Waals surface area contributed by atoms with Crippen molar-refractivity contribution in [1.29, 1.82) is 0 Å². The second kappa shape index (κ2) is 6.75. The fraction of sp³-hybridized carbons (Fsp3) is 0.333. The summed E-state index contributed by atoms with van der Waals surface area (Å²) < 4.78 is 1.86. The van der Waals surface area contributed by atoms with Gasteiger partial charge < -0.3 is 10.4 Å². The summed E-state index contributed by atoms with van der Waals surface area (Å²) in [6.45, 7) is 2.70. The minimum Gasteiger partial charge on any atom is -0.481 e. The van der Waals surface area contributed by atoms with Crippen molar-refractivity contribution in [3.8, 4) is 0 Å². The maximum atomic E-state index is 10.5. The zero-order valence-electron chi connectivity index (χ0n) is 11.5. The number of hydrogen-bond acceptors (Lipinski definition) is 3. The van der Waals surface area contributed by atoms with Crippen LogP contribution in [-0.4, -0.2) is 26.9 Å². The van der Waals surface area contributed by atoms with Crippen LogP contribution < -0.4 is 5.32 Å². The minimum absolute atomic E-state index is 0.112. The summed E-state index contributed by atoms with van der Waals surface area (Å²) in [7, 11) is 0. The highest BCUT2D eigenvalue weighted by Crippen LogP contribution is 2.11. The van der Waals surface area contributed by atoms with E-state index in [9.17, 15) is 4.79 Å². The summed E-state index contributed by atoms with van der Waals surface area (Å²) in [5.74, 6) is -0.765. The topological polar surface area (TPSA) is 67.2 Å². The number of benzene rings is 1. The Labute approximate surface area is 118 Å². The Balaban J connectivity index is 1.87. The average Bonchev–Trinajstić information content (AvgIpc) is 2.85. The van der Waals surface area contributed by atoms with E-state index in [1.165, 1.54) is 5.56 Å².